The van der Waals surface area contributed by atoms with Crippen LogP contribution >= 0.6 is 11.6 Å². The summed E-state index contributed by atoms with van der Waals surface area (Å²) < 4.78 is 5.37. The van der Waals surface area contributed by atoms with Gasteiger partial charge < -0.3 is 15.4 Å². The maximum Gasteiger partial charge on any atom is 0.254 e. The Morgan fingerprint density at radius 1 is 1.47 bits per heavy atom. The molecule has 0 saturated carbocycles. The second kappa shape index (κ2) is 5.19. The number of carbonyl (C=O) groups is 2. The van der Waals surface area contributed by atoms with Gasteiger partial charge in [-0.3, -0.25) is 9.59 Å². The van der Waals surface area contributed by atoms with Crippen molar-refractivity contribution in [3.63, 3.8) is 0 Å². The highest BCUT2D eigenvalue weighted by Crippen LogP contribution is 2.20. The summed E-state index contributed by atoms with van der Waals surface area (Å²) in [4.78, 5) is 25.3. The quantitative estimate of drug-likeness (QED) is 0.881. The van der Waals surface area contributed by atoms with Crippen molar-refractivity contribution < 1.29 is 14.3 Å². The van der Waals surface area contributed by atoms with E-state index in [9.17, 15) is 9.59 Å². The largest absolute Gasteiger partial charge is 0.367 e. The zero-order chi connectivity index (χ0) is 14.0. The molecular formula is C13H15ClN2O3. The fourth-order valence-electron chi connectivity index (χ4n) is 2.00. The Kier molecular flexibility index (Phi) is 3.78. The molecule has 2 N–H and O–H groups in total. The van der Waals surface area contributed by atoms with Crippen LogP contribution in [0.3, 0.4) is 0 Å². The van der Waals surface area contributed by atoms with Crippen molar-refractivity contribution in [3.05, 3.63) is 34.9 Å². The number of carbonyl (C=O) groups excluding carboxylic acids is 2. The molecule has 1 aliphatic heterocycles. The standard InChI is InChI=1S/C13H15ClN2O3/c1-13(12(15)18)8-16(5-6-19-13)11(17)9-3-2-4-10(14)7-9/h2-4,7H,5-6,8H2,1H3,(H2,15,18)/t13-/m0/s1. The fraction of sp³-hybridized carbons (Fsp3) is 0.385. The van der Waals surface area contributed by atoms with Crippen molar-refractivity contribution in [3.8, 4) is 0 Å². The van der Waals surface area contributed by atoms with E-state index in [0.29, 0.717) is 17.1 Å². The van der Waals surface area contributed by atoms with Crippen LogP contribution in [0.25, 0.3) is 0 Å². The van der Waals surface area contributed by atoms with E-state index in [1.54, 1.807) is 36.1 Å². The first-order valence-electron chi connectivity index (χ1n) is 5.91. The molecule has 19 heavy (non-hydrogen) atoms. The van der Waals surface area contributed by atoms with Gasteiger partial charge >= 0.3 is 0 Å². The minimum Gasteiger partial charge on any atom is -0.367 e. The Hall–Kier alpha value is -1.59. The zero-order valence-corrected chi connectivity index (χ0v) is 11.3. The third kappa shape index (κ3) is 2.88. The number of amides is 2. The van der Waals surface area contributed by atoms with Crippen molar-refractivity contribution in [1.82, 2.24) is 4.90 Å². The van der Waals surface area contributed by atoms with E-state index in [4.69, 9.17) is 22.1 Å². The van der Waals surface area contributed by atoms with E-state index < -0.39 is 11.5 Å². The van der Waals surface area contributed by atoms with Gasteiger partial charge in [0.15, 0.2) is 5.60 Å². The van der Waals surface area contributed by atoms with Crippen LogP contribution in [0.1, 0.15) is 17.3 Å². The SMILES string of the molecule is C[C@@]1(C(N)=O)CN(C(=O)c2cccc(Cl)c2)CCO1. The molecule has 1 aromatic carbocycles. The van der Waals surface area contributed by atoms with Gasteiger partial charge in [-0.05, 0) is 25.1 Å². The van der Waals surface area contributed by atoms with Crippen LogP contribution in [0, 0.1) is 0 Å². The van der Waals surface area contributed by atoms with Crippen LogP contribution in [0.2, 0.25) is 5.02 Å². The minimum atomic E-state index is -1.13. The molecule has 1 aromatic rings. The predicted molar refractivity (Wildman–Crippen MR) is 70.9 cm³/mol. The highest BCUT2D eigenvalue weighted by molar-refractivity contribution is 6.30. The molecule has 0 bridgehead atoms. The number of ether oxygens (including phenoxy) is 1. The molecular weight excluding hydrogens is 268 g/mol. The molecule has 2 amide bonds. The van der Waals surface area contributed by atoms with Crippen LogP contribution < -0.4 is 5.73 Å². The van der Waals surface area contributed by atoms with Crippen LogP contribution in [0.15, 0.2) is 24.3 Å². The lowest BCUT2D eigenvalue weighted by atomic mass is 10.0. The van der Waals surface area contributed by atoms with E-state index >= 15 is 0 Å². The summed E-state index contributed by atoms with van der Waals surface area (Å²) in [5.41, 5.74) is 4.66. The first-order valence-corrected chi connectivity index (χ1v) is 6.29. The number of primary amides is 1. The van der Waals surface area contributed by atoms with Gasteiger partial charge in [0.1, 0.15) is 0 Å². The molecule has 1 aliphatic rings. The zero-order valence-electron chi connectivity index (χ0n) is 10.6. The maximum atomic E-state index is 12.3. The molecule has 0 aliphatic carbocycles. The molecule has 1 atom stereocenters. The van der Waals surface area contributed by atoms with Gasteiger partial charge in [0.2, 0.25) is 0 Å². The van der Waals surface area contributed by atoms with Crippen molar-refractivity contribution in [2.24, 2.45) is 5.73 Å². The average molecular weight is 283 g/mol. The Morgan fingerprint density at radius 2 is 2.21 bits per heavy atom. The second-order valence-corrected chi connectivity index (χ2v) is 5.12. The smallest absolute Gasteiger partial charge is 0.254 e. The van der Waals surface area contributed by atoms with Crippen molar-refractivity contribution >= 4 is 23.4 Å². The number of morpholine rings is 1. The van der Waals surface area contributed by atoms with E-state index in [1.807, 2.05) is 0 Å². The number of rotatable bonds is 2. The Bertz CT molecular complexity index is 520. The lowest BCUT2D eigenvalue weighted by Gasteiger charge is -2.38. The third-order valence-electron chi connectivity index (χ3n) is 3.15. The van der Waals surface area contributed by atoms with Crippen LogP contribution in [-0.2, 0) is 9.53 Å². The number of hydrogen-bond donors (Lipinski definition) is 1. The van der Waals surface area contributed by atoms with E-state index in [1.165, 1.54) is 0 Å². The summed E-state index contributed by atoms with van der Waals surface area (Å²) >= 11 is 5.86. The number of benzene rings is 1. The van der Waals surface area contributed by atoms with Gasteiger partial charge in [-0.15, -0.1) is 0 Å². The summed E-state index contributed by atoms with van der Waals surface area (Å²) in [6.45, 7) is 2.44. The summed E-state index contributed by atoms with van der Waals surface area (Å²) in [6, 6.07) is 6.70. The van der Waals surface area contributed by atoms with Gasteiger partial charge in [0, 0.05) is 17.1 Å². The first kappa shape index (κ1) is 13.8. The summed E-state index contributed by atoms with van der Waals surface area (Å²) in [7, 11) is 0. The molecule has 102 valence electrons. The van der Waals surface area contributed by atoms with Gasteiger partial charge in [-0.1, -0.05) is 17.7 Å². The van der Waals surface area contributed by atoms with Crippen molar-refractivity contribution in [1.29, 1.82) is 0 Å². The third-order valence-corrected chi connectivity index (χ3v) is 3.39. The fourth-order valence-corrected chi connectivity index (χ4v) is 2.19. The van der Waals surface area contributed by atoms with Gasteiger partial charge in [-0.25, -0.2) is 0 Å². The number of nitrogens with zero attached hydrogens (tertiary/aromatic N) is 1. The lowest BCUT2D eigenvalue weighted by Crippen LogP contribution is -2.58. The molecule has 1 saturated heterocycles. The number of hydrogen-bond acceptors (Lipinski definition) is 3. The number of halogens is 1. The van der Waals surface area contributed by atoms with Crippen LogP contribution in [0.4, 0.5) is 0 Å². The van der Waals surface area contributed by atoms with E-state index in [0.717, 1.165) is 0 Å². The average Bonchev–Trinajstić information content (AvgIpc) is 2.38. The maximum absolute atomic E-state index is 12.3. The normalized spacial score (nSPS) is 23.2. The van der Waals surface area contributed by atoms with Gasteiger partial charge in [-0.2, -0.15) is 0 Å². The number of nitrogens with two attached hydrogens (primary N) is 1. The van der Waals surface area contributed by atoms with E-state index in [-0.39, 0.29) is 19.1 Å². The van der Waals surface area contributed by atoms with Gasteiger partial charge in [0.05, 0.1) is 13.2 Å². The lowest BCUT2D eigenvalue weighted by molar-refractivity contribution is -0.150. The predicted octanol–water partition coefficient (Wildman–Crippen LogP) is 1.06. The minimum absolute atomic E-state index is 0.147. The highest BCUT2D eigenvalue weighted by atomic mass is 35.5. The molecule has 6 heteroatoms. The second-order valence-electron chi connectivity index (χ2n) is 4.68. The van der Waals surface area contributed by atoms with Crippen molar-refractivity contribution in [2.75, 3.05) is 19.7 Å². The summed E-state index contributed by atoms with van der Waals surface area (Å²) in [5.74, 6) is -0.755. The monoisotopic (exact) mass is 282 g/mol. The summed E-state index contributed by atoms with van der Waals surface area (Å²) in [5, 5.41) is 0.497. The molecule has 0 spiro atoms. The van der Waals surface area contributed by atoms with Gasteiger partial charge in [0.25, 0.3) is 11.8 Å². The highest BCUT2D eigenvalue weighted by Gasteiger charge is 2.39. The van der Waals surface area contributed by atoms with Crippen LogP contribution in [-0.4, -0.2) is 42.0 Å². The first-order chi connectivity index (χ1) is 8.92. The molecule has 0 radical (unpaired) electrons. The molecule has 5 nitrogen and oxygen atoms in total. The molecule has 2 rings (SSSR count). The van der Waals surface area contributed by atoms with Crippen LogP contribution in [0.5, 0.6) is 0 Å². The molecule has 1 heterocycles. The topological polar surface area (TPSA) is 72.6 Å². The Balaban J connectivity index is 2.18. The van der Waals surface area contributed by atoms with E-state index in [2.05, 4.69) is 0 Å². The Morgan fingerprint density at radius 3 is 2.84 bits per heavy atom. The molecule has 0 aromatic heterocycles. The molecule has 1 fully saturated rings. The summed E-state index contributed by atoms with van der Waals surface area (Å²) in [6.07, 6.45) is 0. The molecule has 0 unspecified atom stereocenters. The van der Waals surface area contributed by atoms with Crippen molar-refractivity contribution in [2.45, 2.75) is 12.5 Å². The Labute approximate surface area is 116 Å².